The lowest BCUT2D eigenvalue weighted by molar-refractivity contribution is -0.134. The fourth-order valence-electron chi connectivity index (χ4n) is 1.69. The summed E-state index contributed by atoms with van der Waals surface area (Å²) in [5, 5.41) is 0. The van der Waals surface area contributed by atoms with Gasteiger partial charge in [0.25, 0.3) is 0 Å². The standard InChI is InChI=1S/C13H19BrN2O2/c1-3-16(13(17)12(15)9-18-2)8-10-5-4-6-11(14)7-10/h4-7,12H,3,8-9,15H2,1-2H3. The Balaban J connectivity index is 2.69. The molecule has 1 unspecified atom stereocenters. The van der Waals surface area contributed by atoms with Gasteiger partial charge in [-0.2, -0.15) is 0 Å². The number of nitrogens with zero attached hydrogens (tertiary/aromatic N) is 1. The Kier molecular flexibility index (Phi) is 6.32. The highest BCUT2D eigenvalue weighted by atomic mass is 79.9. The molecular weight excluding hydrogens is 296 g/mol. The van der Waals surface area contributed by atoms with E-state index in [1.807, 2.05) is 31.2 Å². The minimum absolute atomic E-state index is 0.0840. The molecule has 0 spiro atoms. The quantitative estimate of drug-likeness (QED) is 0.870. The number of methoxy groups -OCH3 is 1. The highest BCUT2D eigenvalue weighted by molar-refractivity contribution is 9.10. The van der Waals surface area contributed by atoms with Crippen LogP contribution in [0.2, 0.25) is 0 Å². The van der Waals surface area contributed by atoms with E-state index in [9.17, 15) is 4.79 Å². The number of ether oxygens (including phenoxy) is 1. The van der Waals surface area contributed by atoms with Gasteiger partial charge in [0.1, 0.15) is 6.04 Å². The van der Waals surface area contributed by atoms with Crippen molar-refractivity contribution < 1.29 is 9.53 Å². The van der Waals surface area contributed by atoms with Gasteiger partial charge in [-0.3, -0.25) is 4.79 Å². The van der Waals surface area contributed by atoms with E-state index in [0.717, 1.165) is 10.0 Å². The van der Waals surface area contributed by atoms with Gasteiger partial charge in [-0.15, -0.1) is 0 Å². The molecule has 0 aliphatic rings. The van der Waals surface area contributed by atoms with Crippen molar-refractivity contribution in [3.05, 3.63) is 34.3 Å². The summed E-state index contributed by atoms with van der Waals surface area (Å²) in [7, 11) is 1.54. The monoisotopic (exact) mass is 314 g/mol. The number of amides is 1. The topological polar surface area (TPSA) is 55.6 Å². The van der Waals surface area contributed by atoms with Crippen LogP contribution in [0.25, 0.3) is 0 Å². The molecule has 1 rings (SSSR count). The predicted octanol–water partition coefficient (Wildman–Crippen LogP) is 1.77. The van der Waals surface area contributed by atoms with Crippen LogP contribution in [0.1, 0.15) is 12.5 Å². The lowest BCUT2D eigenvalue weighted by Gasteiger charge is -2.24. The number of likely N-dealkylation sites (N-methyl/N-ethyl adjacent to an activating group) is 1. The van der Waals surface area contributed by atoms with E-state index < -0.39 is 6.04 Å². The van der Waals surface area contributed by atoms with Crippen LogP contribution in [-0.2, 0) is 16.1 Å². The Hall–Kier alpha value is -0.910. The molecule has 0 radical (unpaired) electrons. The molecule has 0 saturated heterocycles. The van der Waals surface area contributed by atoms with Gasteiger partial charge in [0.2, 0.25) is 5.91 Å². The van der Waals surface area contributed by atoms with E-state index in [1.54, 1.807) is 4.90 Å². The number of carbonyl (C=O) groups excluding carboxylic acids is 1. The van der Waals surface area contributed by atoms with E-state index in [0.29, 0.717) is 13.1 Å². The number of rotatable bonds is 6. The zero-order valence-corrected chi connectivity index (χ0v) is 12.3. The second kappa shape index (κ2) is 7.51. The van der Waals surface area contributed by atoms with Crippen LogP contribution in [0, 0.1) is 0 Å². The molecule has 0 fully saturated rings. The highest BCUT2D eigenvalue weighted by Crippen LogP contribution is 2.13. The third kappa shape index (κ3) is 4.40. The zero-order chi connectivity index (χ0) is 13.5. The van der Waals surface area contributed by atoms with Gasteiger partial charge in [-0.25, -0.2) is 0 Å². The van der Waals surface area contributed by atoms with Crippen molar-refractivity contribution in [2.75, 3.05) is 20.3 Å². The van der Waals surface area contributed by atoms with E-state index >= 15 is 0 Å². The molecule has 1 amide bonds. The molecular formula is C13H19BrN2O2. The third-order valence-electron chi connectivity index (χ3n) is 2.62. The van der Waals surface area contributed by atoms with Crippen molar-refractivity contribution in [3.8, 4) is 0 Å². The third-order valence-corrected chi connectivity index (χ3v) is 3.11. The Morgan fingerprint density at radius 3 is 2.83 bits per heavy atom. The molecule has 1 aromatic rings. The summed E-state index contributed by atoms with van der Waals surface area (Å²) in [5.41, 5.74) is 6.84. The van der Waals surface area contributed by atoms with E-state index in [-0.39, 0.29) is 12.5 Å². The van der Waals surface area contributed by atoms with E-state index in [4.69, 9.17) is 10.5 Å². The summed E-state index contributed by atoms with van der Waals surface area (Å²) >= 11 is 3.42. The summed E-state index contributed by atoms with van der Waals surface area (Å²) in [6, 6.07) is 7.30. The lowest BCUT2D eigenvalue weighted by atomic mass is 10.2. The van der Waals surface area contributed by atoms with Gasteiger partial charge in [-0.05, 0) is 24.6 Å². The first-order valence-electron chi connectivity index (χ1n) is 5.86. The van der Waals surface area contributed by atoms with Gasteiger partial charge in [-0.1, -0.05) is 28.1 Å². The molecule has 1 atom stereocenters. The molecule has 0 bridgehead atoms. The molecule has 0 saturated carbocycles. The summed E-state index contributed by atoms with van der Waals surface area (Å²) in [4.78, 5) is 13.8. The SMILES string of the molecule is CCN(Cc1cccc(Br)c1)C(=O)C(N)COC. The van der Waals surface area contributed by atoms with Crippen LogP contribution in [0.5, 0.6) is 0 Å². The number of benzene rings is 1. The molecule has 0 aliphatic carbocycles. The average Bonchev–Trinajstić information content (AvgIpc) is 2.35. The van der Waals surface area contributed by atoms with Crippen LogP contribution >= 0.6 is 15.9 Å². The molecule has 1 aromatic carbocycles. The molecule has 5 heteroatoms. The van der Waals surface area contributed by atoms with Crippen molar-refractivity contribution in [2.45, 2.75) is 19.5 Å². The van der Waals surface area contributed by atoms with Gasteiger partial charge in [0.15, 0.2) is 0 Å². The molecule has 2 N–H and O–H groups in total. The van der Waals surface area contributed by atoms with Crippen LogP contribution in [0.15, 0.2) is 28.7 Å². The van der Waals surface area contributed by atoms with Crippen molar-refractivity contribution in [3.63, 3.8) is 0 Å². The second-order valence-corrected chi connectivity index (χ2v) is 4.96. The number of carbonyl (C=O) groups is 1. The maximum atomic E-state index is 12.1. The van der Waals surface area contributed by atoms with E-state index in [1.165, 1.54) is 7.11 Å². The molecule has 0 aliphatic heterocycles. The summed E-state index contributed by atoms with van der Waals surface area (Å²) in [6.07, 6.45) is 0. The van der Waals surface area contributed by atoms with Crippen molar-refractivity contribution in [2.24, 2.45) is 5.73 Å². The van der Waals surface area contributed by atoms with E-state index in [2.05, 4.69) is 15.9 Å². The van der Waals surface area contributed by atoms with Crippen molar-refractivity contribution >= 4 is 21.8 Å². The zero-order valence-electron chi connectivity index (χ0n) is 10.7. The molecule has 0 heterocycles. The maximum absolute atomic E-state index is 12.1. The molecule has 100 valence electrons. The van der Waals surface area contributed by atoms with Crippen LogP contribution in [0.4, 0.5) is 0 Å². The summed E-state index contributed by atoms with van der Waals surface area (Å²) in [6.45, 7) is 3.37. The Morgan fingerprint density at radius 1 is 1.56 bits per heavy atom. The van der Waals surface area contributed by atoms with Crippen LogP contribution in [-0.4, -0.2) is 37.1 Å². The average molecular weight is 315 g/mol. The minimum atomic E-state index is -0.595. The Morgan fingerprint density at radius 2 is 2.28 bits per heavy atom. The summed E-state index contributed by atoms with van der Waals surface area (Å²) < 4.78 is 5.91. The number of hydrogen-bond donors (Lipinski definition) is 1. The molecule has 0 aromatic heterocycles. The van der Waals surface area contributed by atoms with Crippen LogP contribution in [0.3, 0.4) is 0 Å². The minimum Gasteiger partial charge on any atom is -0.383 e. The normalized spacial score (nSPS) is 12.2. The number of nitrogens with two attached hydrogens (primary N) is 1. The fourth-order valence-corrected chi connectivity index (χ4v) is 2.13. The van der Waals surface area contributed by atoms with Gasteiger partial charge >= 0.3 is 0 Å². The van der Waals surface area contributed by atoms with Crippen LogP contribution < -0.4 is 5.73 Å². The second-order valence-electron chi connectivity index (χ2n) is 4.04. The van der Waals surface area contributed by atoms with Crippen molar-refractivity contribution in [1.82, 2.24) is 4.90 Å². The number of halogens is 1. The first-order chi connectivity index (χ1) is 8.58. The predicted molar refractivity (Wildman–Crippen MR) is 75.1 cm³/mol. The maximum Gasteiger partial charge on any atom is 0.242 e. The first-order valence-corrected chi connectivity index (χ1v) is 6.65. The van der Waals surface area contributed by atoms with Crippen molar-refractivity contribution in [1.29, 1.82) is 0 Å². The lowest BCUT2D eigenvalue weighted by Crippen LogP contribution is -2.45. The Bertz CT molecular complexity index is 398. The Labute approximate surface area is 116 Å². The van der Waals surface area contributed by atoms with Gasteiger partial charge < -0.3 is 15.4 Å². The largest absolute Gasteiger partial charge is 0.383 e. The first kappa shape index (κ1) is 15.1. The smallest absolute Gasteiger partial charge is 0.242 e. The molecule has 4 nitrogen and oxygen atoms in total. The summed E-state index contributed by atoms with van der Waals surface area (Å²) in [5.74, 6) is -0.0840. The highest BCUT2D eigenvalue weighted by Gasteiger charge is 2.19. The fraction of sp³-hybridized carbons (Fsp3) is 0.462. The number of hydrogen-bond acceptors (Lipinski definition) is 3. The van der Waals surface area contributed by atoms with Gasteiger partial charge in [0.05, 0.1) is 6.61 Å². The van der Waals surface area contributed by atoms with Gasteiger partial charge in [0, 0.05) is 24.7 Å². The molecule has 18 heavy (non-hydrogen) atoms.